The van der Waals surface area contributed by atoms with E-state index in [1.54, 1.807) is 0 Å². The third-order valence-electron chi connectivity index (χ3n) is 6.28. The van der Waals surface area contributed by atoms with Crippen LogP contribution in [0.15, 0.2) is 48.7 Å². The van der Waals surface area contributed by atoms with Gasteiger partial charge < -0.3 is 0 Å². The molecule has 2 nitrogen and oxygen atoms in total. The van der Waals surface area contributed by atoms with Crippen LogP contribution in [0, 0.1) is 6.92 Å². The van der Waals surface area contributed by atoms with Gasteiger partial charge in [0.25, 0.3) is 0 Å². The number of fused-ring (bicyclic) bond motifs is 3. The van der Waals surface area contributed by atoms with Gasteiger partial charge in [-0.1, -0.05) is 56.3 Å². The van der Waals surface area contributed by atoms with Gasteiger partial charge in [0.05, 0.1) is 5.39 Å². The average molecular weight is 327 g/mol. The molecule has 0 spiro atoms. The van der Waals surface area contributed by atoms with Crippen molar-refractivity contribution in [1.82, 2.24) is 4.98 Å². The average Bonchev–Trinajstić information content (AvgIpc) is 2.66. The van der Waals surface area contributed by atoms with Crippen LogP contribution in [0.25, 0.3) is 32.6 Å². The summed E-state index contributed by atoms with van der Waals surface area (Å²) in [7, 11) is 0. The van der Waals surface area contributed by atoms with Crippen molar-refractivity contribution in [3.05, 3.63) is 59.9 Å². The van der Waals surface area contributed by atoms with Gasteiger partial charge in [-0.05, 0) is 23.3 Å². The molecule has 2 heteroatoms. The molecule has 0 saturated carbocycles. The molecular formula is C23H23N2+. The molecule has 0 amide bonds. The molecule has 0 N–H and O–H groups in total. The van der Waals surface area contributed by atoms with Crippen LogP contribution in [0.5, 0.6) is 0 Å². The molecule has 3 aromatic carbocycles. The molecule has 4 aromatic rings. The molecule has 0 aliphatic carbocycles. The molecule has 0 radical (unpaired) electrons. The third kappa shape index (κ3) is 1.80. The quantitative estimate of drug-likeness (QED) is 0.365. The Kier molecular flexibility index (Phi) is 2.97. The Balaban J connectivity index is 2.15. The number of nitrogens with zero attached hydrogens (tertiary/aromatic N) is 2. The topological polar surface area (TPSA) is 16.8 Å². The predicted octanol–water partition coefficient (Wildman–Crippen LogP) is 5.21. The molecule has 1 aliphatic rings. The van der Waals surface area contributed by atoms with Crippen LogP contribution in [-0.4, -0.2) is 4.98 Å². The number of hydrogen-bond donors (Lipinski definition) is 0. The second-order valence-corrected chi connectivity index (χ2v) is 7.44. The maximum atomic E-state index is 5.00. The van der Waals surface area contributed by atoms with E-state index >= 15 is 0 Å². The van der Waals surface area contributed by atoms with Gasteiger partial charge in [0.2, 0.25) is 5.52 Å². The second kappa shape index (κ2) is 5.01. The van der Waals surface area contributed by atoms with Crippen molar-refractivity contribution >= 4 is 32.6 Å². The van der Waals surface area contributed by atoms with Gasteiger partial charge in [-0.2, -0.15) is 4.57 Å². The third-order valence-corrected chi connectivity index (χ3v) is 6.28. The zero-order valence-corrected chi connectivity index (χ0v) is 15.1. The first-order valence-corrected chi connectivity index (χ1v) is 9.34. The fourth-order valence-corrected chi connectivity index (χ4v) is 4.88. The van der Waals surface area contributed by atoms with Gasteiger partial charge in [-0.15, -0.1) is 0 Å². The first kappa shape index (κ1) is 14.8. The lowest BCUT2D eigenvalue weighted by Gasteiger charge is -2.32. The Morgan fingerprint density at radius 1 is 0.960 bits per heavy atom. The minimum absolute atomic E-state index is 0.149. The standard InChI is InChI=1S/C23H23N2/c1-4-23(5-2)13-16-9-8-12-18-17-10-6-7-11-19(17)21-22(20(16)18)25(23)14-15(3)24-21/h6-12,14H,4-5,13H2,1-3H3/q+1. The second-order valence-electron chi connectivity index (χ2n) is 7.44. The van der Waals surface area contributed by atoms with Crippen molar-refractivity contribution in [1.29, 1.82) is 0 Å². The van der Waals surface area contributed by atoms with E-state index in [9.17, 15) is 0 Å². The van der Waals surface area contributed by atoms with E-state index in [0.717, 1.165) is 30.5 Å². The van der Waals surface area contributed by atoms with Gasteiger partial charge in [-0.25, -0.2) is 4.98 Å². The molecular weight excluding hydrogens is 304 g/mol. The van der Waals surface area contributed by atoms with Gasteiger partial charge >= 0.3 is 0 Å². The Labute approximate surface area is 148 Å². The van der Waals surface area contributed by atoms with E-state index in [0.29, 0.717) is 0 Å². The van der Waals surface area contributed by atoms with Gasteiger partial charge in [0.1, 0.15) is 11.2 Å². The molecule has 5 rings (SSSR count). The Morgan fingerprint density at radius 2 is 1.68 bits per heavy atom. The van der Waals surface area contributed by atoms with Crippen LogP contribution in [-0.2, 0) is 12.0 Å². The summed E-state index contributed by atoms with van der Waals surface area (Å²) in [6.07, 6.45) is 5.65. The van der Waals surface area contributed by atoms with E-state index in [4.69, 9.17) is 4.98 Å². The first-order valence-electron chi connectivity index (χ1n) is 9.34. The summed E-state index contributed by atoms with van der Waals surface area (Å²) in [4.78, 5) is 5.00. The fourth-order valence-electron chi connectivity index (χ4n) is 4.88. The summed E-state index contributed by atoms with van der Waals surface area (Å²) in [6, 6.07) is 15.5. The van der Waals surface area contributed by atoms with Gasteiger partial charge in [0, 0.05) is 24.6 Å². The SMILES string of the molecule is CCC1(CC)Cc2cccc3c4ccccc4c4nc(C)c[n+]1c4c23. The van der Waals surface area contributed by atoms with Crippen molar-refractivity contribution in [3.8, 4) is 0 Å². The van der Waals surface area contributed by atoms with Crippen molar-refractivity contribution in [3.63, 3.8) is 0 Å². The number of rotatable bonds is 2. The summed E-state index contributed by atoms with van der Waals surface area (Å²) in [6.45, 7) is 6.77. The van der Waals surface area contributed by atoms with Crippen LogP contribution in [0.1, 0.15) is 37.9 Å². The number of benzene rings is 3. The fraction of sp³-hybridized carbons (Fsp3) is 0.304. The van der Waals surface area contributed by atoms with E-state index in [1.165, 1.54) is 32.6 Å². The molecule has 0 atom stereocenters. The van der Waals surface area contributed by atoms with Crippen molar-refractivity contribution in [2.75, 3.05) is 0 Å². The predicted molar refractivity (Wildman–Crippen MR) is 104 cm³/mol. The van der Waals surface area contributed by atoms with Crippen LogP contribution in [0.2, 0.25) is 0 Å². The van der Waals surface area contributed by atoms with Crippen molar-refractivity contribution < 1.29 is 4.57 Å². The van der Waals surface area contributed by atoms with Crippen molar-refractivity contribution in [2.24, 2.45) is 0 Å². The normalized spacial score (nSPS) is 15.5. The van der Waals surface area contributed by atoms with Crippen LogP contribution in [0.4, 0.5) is 0 Å². The molecule has 0 unspecified atom stereocenters. The molecule has 2 heterocycles. The summed E-state index contributed by atoms with van der Waals surface area (Å²) < 4.78 is 2.56. The zero-order chi connectivity index (χ0) is 17.2. The highest BCUT2D eigenvalue weighted by Crippen LogP contribution is 2.40. The van der Waals surface area contributed by atoms with Gasteiger partial charge in [0.15, 0.2) is 11.7 Å². The number of hydrogen-bond acceptors (Lipinski definition) is 1. The lowest BCUT2D eigenvalue weighted by atomic mass is 9.79. The molecule has 1 aliphatic heterocycles. The molecule has 124 valence electrons. The Morgan fingerprint density at radius 3 is 2.44 bits per heavy atom. The maximum absolute atomic E-state index is 5.00. The van der Waals surface area contributed by atoms with Crippen LogP contribution < -0.4 is 4.57 Å². The molecule has 0 bridgehead atoms. The highest BCUT2D eigenvalue weighted by atomic mass is 15.1. The van der Waals surface area contributed by atoms with E-state index < -0.39 is 0 Å². The highest BCUT2D eigenvalue weighted by Gasteiger charge is 2.43. The van der Waals surface area contributed by atoms with Crippen LogP contribution in [0.3, 0.4) is 0 Å². The minimum Gasteiger partial charge on any atom is -0.240 e. The molecule has 1 aromatic heterocycles. The lowest BCUT2D eigenvalue weighted by Crippen LogP contribution is -2.59. The Hall–Kier alpha value is -2.48. The summed E-state index contributed by atoms with van der Waals surface area (Å²) in [5, 5.41) is 5.35. The smallest absolute Gasteiger partial charge is 0.240 e. The highest BCUT2D eigenvalue weighted by molar-refractivity contribution is 6.23. The molecule has 0 saturated heterocycles. The summed E-state index contributed by atoms with van der Waals surface area (Å²) >= 11 is 0. The van der Waals surface area contributed by atoms with Crippen molar-refractivity contribution in [2.45, 2.75) is 45.6 Å². The Bertz CT molecular complexity index is 1150. The van der Waals surface area contributed by atoms with Crippen LogP contribution >= 0.6 is 0 Å². The number of aryl methyl sites for hydroxylation is 1. The first-order chi connectivity index (χ1) is 12.2. The molecule has 25 heavy (non-hydrogen) atoms. The summed E-state index contributed by atoms with van der Waals surface area (Å²) in [5.74, 6) is 0. The monoisotopic (exact) mass is 327 g/mol. The lowest BCUT2D eigenvalue weighted by molar-refractivity contribution is -0.744. The van der Waals surface area contributed by atoms with E-state index in [1.807, 2.05) is 0 Å². The summed E-state index contributed by atoms with van der Waals surface area (Å²) in [5.41, 5.74) is 5.20. The molecule has 0 fully saturated rings. The van der Waals surface area contributed by atoms with E-state index in [-0.39, 0.29) is 5.54 Å². The van der Waals surface area contributed by atoms with E-state index in [2.05, 4.69) is 74.0 Å². The number of aromatic nitrogens is 2. The maximum Gasteiger partial charge on any atom is 0.240 e. The minimum atomic E-state index is 0.149. The van der Waals surface area contributed by atoms with Gasteiger partial charge in [-0.3, -0.25) is 0 Å². The zero-order valence-electron chi connectivity index (χ0n) is 15.1. The largest absolute Gasteiger partial charge is 0.240 e.